The van der Waals surface area contributed by atoms with E-state index in [-0.39, 0.29) is 18.5 Å². The van der Waals surface area contributed by atoms with Gasteiger partial charge >= 0.3 is 6.03 Å². The highest BCUT2D eigenvalue weighted by Crippen LogP contribution is 2.26. The second-order valence-corrected chi connectivity index (χ2v) is 4.16. The summed E-state index contributed by atoms with van der Waals surface area (Å²) in [5.74, 6) is 0.208. The number of amides is 3. The summed E-state index contributed by atoms with van der Waals surface area (Å²) < 4.78 is 5.13. The number of methoxy groups -OCH3 is 1. The van der Waals surface area contributed by atoms with E-state index in [4.69, 9.17) is 10.5 Å². The van der Waals surface area contributed by atoms with Crippen molar-refractivity contribution in [2.24, 2.45) is 0 Å². The molecule has 7 nitrogen and oxygen atoms in total. The van der Waals surface area contributed by atoms with E-state index < -0.39 is 0 Å². The van der Waals surface area contributed by atoms with Crippen LogP contribution in [0.25, 0.3) is 0 Å². The maximum absolute atomic E-state index is 11.8. The summed E-state index contributed by atoms with van der Waals surface area (Å²) in [6.45, 7) is 1.11. The lowest BCUT2D eigenvalue weighted by Crippen LogP contribution is -2.35. The SMILES string of the molecule is COc1cc(N)ccc1NC(=O)CN1CCNC1=O. The molecule has 2 rings (SSSR count). The van der Waals surface area contributed by atoms with Crippen molar-refractivity contribution in [1.82, 2.24) is 10.2 Å². The quantitative estimate of drug-likeness (QED) is 0.679. The molecular formula is C12H16N4O3. The molecule has 1 heterocycles. The predicted octanol–water partition coefficient (Wildman–Crippen LogP) is 0.241. The molecule has 0 bridgehead atoms. The predicted molar refractivity (Wildman–Crippen MR) is 71.0 cm³/mol. The van der Waals surface area contributed by atoms with Crippen molar-refractivity contribution in [3.8, 4) is 5.75 Å². The van der Waals surface area contributed by atoms with Crippen LogP contribution in [0.3, 0.4) is 0 Å². The Hall–Kier alpha value is -2.44. The molecule has 0 aromatic heterocycles. The van der Waals surface area contributed by atoms with Gasteiger partial charge in [0, 0.05) is 24.8 Å². The van der Waals surface area contributed by atoms with Crippen molar-refractivity contribution >= 4 is 23.3 Å². The largest absolute Gasteiger partial charge is 0.494 e. The first-order chi connectivity index (χ1) is 9.10. The smallest absolute Gasteiger partial charge is 0.317 e. The molecule has 102 valence electrons. The first-order valence-electron chi connectivity index (χ1n) is 5.86. The van der Waals surface area contributed by atoms with Crippen molar-refractivity contribution in [3.05, 3.63) is 18.2 Å². The van der Waals surface area contributed by atoms with Gasteiger partial charge in [-0.1, -0.05) is 0 Å². The van der Waals surface area contributed by atoms with Crippen LogP contribution in [-0.2, 0) is 4.79 Å². The minimum atomic E-state index is -0.278. The third-order valence-electron chi connectivity index (χ3n) is 2.78. The van der Waals surface area contributed by atoms with Crippen LogP contribution in [0, 0.1) is 0 Å². The van der Waals surface area contributed by atoms with Crippen molar-refractivity contribution in [1.29, 1.82) is 0 Å². The second kappa shape index (κ2) is 5.47. The number of benzene rings is 1. The maximum Gasteiger partial charge on any atom is 0.317 e. The Morgan fingerprint density at radius 1 is 1.58 bits per heavy atom. The summed E-state index contributed by atoms with van der Waals surface area (Å²) in [5, 5.41) is 5.33. The van der Waals surface area contributed by atoms with Gasteiger partial charge in [0.05, 0.1) is 12.8 Å². The van der Waals surface area contributed by atoms with Gasteiger partial charge in [0.2, 0.25) is 5.91 Å². The number of hydrogen-bond donors (Lipinski definition) is 3. The first-order valence-corrected chi connectivity index (χ1v) is 5.86. The van der Waals surface area contributed by atoms with E-state index >= 15 is 0 Å². The summed E-state index contributed by atoms with van der Waals surface area (Å²) in [6, 6.07) is 4.73. The van der Waals surface area contributed by atoms with E-state index in [9.17, 15) is 9.59 Å². The van der Waals surface area contributed by atoms with E-state index in [1.54, 1.807) is 18.2 Å². The summed E-state index contributed by atoms with van der Waals surface area (Å²) >= 11 is 0. The fourth-order valence-electron chi connectivity index (χ4n) is 1.84. The molecule has 1 aromatic rings. The Morgan fingerprint density at radius 3 is 3.00 bits per heavy atom. The number of ether oxygens (including phenoxy) is 1. The lowest BCUT2D eigenvalue weighted by molar-refractivity contribution is -0.116. The lowest BCUT2D eigenvalue weighted by atomic mass is 10.2. The zero-order valence-electron chi connectivity index (χ0n) is 10.6. The Morgan fingerprint density at radius 2 is 2.37 bits per heavy atom. The summed E-state index contributed by atoms with van der Waals surface area (Å²) in [4.78, 5) is 24.6. The Balaban J connectivity index is 2.00. The molecular weight excluding hydrogens is 248 g/mol. The highest BCUT2D eigenvalue weighted by atomic mass is 16.5. The molecule has 0 unspecified atom stereocenters. The van der Waals surface area contributed by atoms with Gasteiger partial charge < -0.3 is 26.0 Å². The first kappa shape index (κ1) is 13.0. The standard InChI is InChI=1S/C12H16N4O3/c1-19-10-6-8(13)2-3-9(10)15-11(17)7-16-5-4-14-12(16)18/h2-3,6H,4-5,7,13H2,1H3,(H,14,18)(H,15,17). The average Bonchev–Trinajstić information content (AvgIpc) is 2.77. The molecule has 3 amide bonds. The fourth-order valence-corrected chi connectivity index (χ4v) is 1.84. The zero-order chi connectivity index (χ0) is 13.8. The Bertz CT molecular complexity index is 504. The van der Waals surface area contributed by atoms with E-state index in [1.165, 1.54) is 12.0 Å². The number of carbonyl (C=O) groups excluding carboxylic acids is 2. The van der Waals surface area contributed by atoms with Gasteiger partial charge in [-0.25, -0.2) is 4.79 Å². The lowest BCUT2D eigenvalue weighted by Gasteiger charge is -2.15. The summed E-state index contributed by atoms with van der Waals surface area (Å²) in [6.07, 6.45) is 0. The molecule has 1 saturated heterocycles. The zero-order valence-corrected chi connectivity index (χ0v) is 10.6. The Kier molecular flexibility index (Phi) is 3.74. The summed E-state index contributed by atoms with van der Waals surface area (Å²) in [5.41, 5.74) is 6.71. The van der Waals surface area contributed by atoms with Crippen LogP contribution < -0.4 is 21.1 Å². The molecule has 0 saturated carbocycles. The van der Waals surface area contributed by atoms with Gasteiger partial charge in [-0.2, -0.15) is 0 Å². The molecule has 1 aliphatic rings. The minimum Gasteiger partial charge on any atom is -0.494 e. The third-order valence-corrected chi connectivity index (χ3v) is 2.78. The van der Waals surface area contributed by atoms with Crippen LogP contribution in [0.1, 0.15) is 0 Å². The average molecular weight is 264 g/mol. The third kappa shape index (κ3) is 3.06. The topological polar surface area (TPSA) is 96.7 Å². The number of nitrogen functional groups attached to an aromatic ring is 1. The van der Waals surface area contributed by atoms with Crippen molar-refractivity contribution < 1.29 is 14.3 Å². The van der Waals surface area contributed by atoms with Crippen LogP contribution >= 0.6 is 0 Å². The van der Waals surface area contributed by atoms with Gasteiger partial charge in [-0.05, 0) is 12.1 Å². The molecule has 0 spiro atoms. The second-order valence-electron chi connectivity index (χ2n) is 4.16. The van der Waals surface area contributed by atoms with Gasteiger partial charge in [-0.15, -0.1) is 0 Å². The molecule has 0 atom stereocenters. The summed E-state index contributed by atoms with van der Waals surface area (Å²) in [7, 11) is 1.50. The van der Waals surface area contributed by atoms with Crippen LogP contribution in [0.15, 0.2) is 18.2 Å². The minimum absolute atomic E-state index is 0.0133. The monoisotopic (exact) mass is 264 g/mol. The van der Waals surface area contributed by atoms with Gasteiger partial charge in [0.1, 0.15) is 12.3 Å². The van der Waals surface area contributed by atoms with Crippen LogP contribution in [-0.4, -0.2) is 43.6 Å². The van der Waals surface area contributed by atoms with Crippen LogP contribution in [0.5, 0.6) is 5.75 Å². The van der Waals surface area contributed by atoms with Gasteiger partial charge in [0.25, 0.3) is 0 Å². The number of rotatable bonds is 4. The van der Waals surface area contributed by atoms with Crippen LogP contribution in [0.2, 0.25) is 0 Å². The van der Waals surface area contributed by atoms with Gasteiger partial charge in [0.15, 0.2) is 0 Å². The van der Waals surface area contributed by atoms with E-state index in [2.05, 4.69) is 10.6 Å². The van der Waals surface area contributed by atoms with Gasteiger partial charge in [-0.3, -0.25) is 4.79 Å². The molecule has 1 aliphatic heterocycles. The number of nitrogens with one attached hydrogen (secondary N) is 2. The number of carbonyl (C=O) groups is 2. The maximum atomic E-state index is 11.8. The normalized spacial score (nSPS) is 14.2. The molecule has 7 heteroatoms. The molecule has 19 heavy (non-hydrogen) atoms. The van der Waals surface area contributed by atoms with Crippen LogP contribution in [0.4, 0.5) is 16.2 Å². The number of hydrogen-bond acceptors (Lipinski definition) is 4. The number of anilines is 2. The van der Waals surface area contributed by atoms with E-state index in [0.717, 1.165) is 0 Å². The highest BCUT2D eigenvalue weighted by molar-refractivity contribution is 5.96. The number of nitrogens with two attached hydrogens (primary N) is 1. The molecule has 4 N–H and O–H groups in total. The fraction of sp³-hybridized carbons (Fsp3) is 0.333. The van der Waals surface area contributed by atoms with Crippen molar-refractivity contribution in [2.75, 3.05) is 37.8 Å². The number of urea groups is 1. The molecule has 1 aromatic carbocycles. The van der Waals surface area contributed by atoms with Crippen molar-refractivity contribution in [3.63, 3.8) is 0 Å². The molecule has 0 radical (unpaired) electrons. The Labute approximate surface area is 110 Å². The molecule has 0 aliphatic carbocycles. The van der Waals surface area contributed by atoms with E-state index in [0.29, 0.717) is 30.2 Å². The number of nitrogens with zero attached hydrogens (tertiary/aromatic N) is 1. The highest BCUT2D eigenvalue weighted by Gasteiger charge is 2.22. The van der Waals surface area contributed by atoms with E-state index in [1.807, 2.05) is 0 Å². The molecule has 1 fully saturated rings. The van der Waals surface area contributed by atoms with Crippen molar-refractivity contribution in [2.45, 2.75) is 0 Å².